The lowest BCUT2D eigenvalue weighted by Crippen LogP contribution is -2.06. The first-order chi connectivity index (χ1) is 16.3. The molecular formula is C25H17BrClI2NO4. The van der Waals surface area contributed by atoms with Crippen LogP contribution in [0.15, 0.2) is 69.8 Å². The molecule has 0 spiro atoms. The summed E-state index contributed by atoms with van der Waals surface area (Å²) in [4.78, 5) is 16.9. The third-order valence-electron chi connectivity index (χ3n) is 4.71. The number of carbonyl (C=O) groups is 1. The van der Waals surface area contributed by atoms with E-state index in [-0.39, 0.29) is 11.6 Å². The summed E-state index contributed by atoms with van der Waals surface area (Å²) in [5, 5.41) is 0.462. The minimum atomic E-state index is -0.543. The molecule has 3 aromatic rings. The van der Waals surface area contributed by atoms with Crippen molar-refractivity contribution < 1.29 is 19.0 Å². The maximum atomic E-state index is 12.5. The quantitative estimate of drug-likeness (QED) is 0.141. The minimum Gasteiger partial charge on any atom is -0.490 e. The Kier molecular flexibility index (Phi) is 8.54. The molecule has 0 aromatic heterocycles. The fraction of sp³-hybridized carbons (Fsp3) is 0.120. The summed E-state index contributed by atoms with van der Waals surface area (Å²) in [6.45, 7) is 2.76. The number of nitrogens with zero attached hydrogens (tertiary/aromatic N) is 1. The van der Waals surface area contributed by atoms with Gasteiger partial charge in [0.1, 0.15) is 6.61 Å². The number of hydrogen-bond acceptors (Lipinski definition) is 5. The van der Waals surface area contributed by atoms with Crippen LogP contribution in [0.3, 0.4) is 0 Å². The molecule has 0 aliphatic carbocycles. The summed E-state index contributed by atoms with van der Waals surface area (Å²) in [7, 11) is 0. The van der Waals surface area contributed by atoms with Gasteiger partial charge in [0.05, 0.1) is 21.7 Å². The molecule has 1 aliphatic rings. The highest BCUT2D eigenvalue weighted by Crippen LogP contribution is 2.38. The van der Waals surface area contributed by atoms with Crippen LogP contribution in [0.5, 0.6) is 11.5 Å². The van der Waals surface area contributed by atoms with Gasteiger partial charge in [-0.3, -0.25) is 0 Å². The predicted octanol–water partition coefficient (Wildman–Crippen LogP) is 7.63. The molecule has 0 fully saturated rings. The van der Waals surface area contributed by atoms with Crippen molar-refractivity contribution in [2.45, 2.75) is 13.5 Å². The maximum absolute atomic E-state index is 12.5. The third kappa shape index (κ3) is 6.13. The Balaban J connectivity index is 1.62. The lowest BCUT2D eigenvalue weighted by atomic mass is 10.1. The number of ether oxygens (including phenoxy) is 3. The second kappa shape index (κ2) is 11.4. The van der Waals surface area contributed by atoms with Crippen molar-refractivity contribution in [2.24, 2.45) is 4.99 Å². The summed E-state index contributed by atoms with van der Waals surface area (Å²) in [6, 6.07) is 17.2. The second-order valence-corrected chi connectivity index (χ2v) is 10.9. The Morgan fingerprint density at radius 2 is 1.79 bits per heavy atom. The zero-order chi connectivity index (χ0) is 24.2. The highest BCUT2D eigenvalue weighted by molar-refractivity contribution is 14.1. The molecule has 1 aliphatic heterocycles. The van der Waals surface area contributed by atoms with Crippen LogP contribution in [-0.2, 0) is 16.1 Å². The fourth-order valence-electron chi connectivity index (χ4n) is 3.15. The van der Waals surface area contributed by atoms with Crippen LogP contribution < -0.4 is 9.47 Å². The smallest absolute Gasteiger partial charge is 0.363 e. The van der Waals surface area contributed by atoms with Crippen LogP contribution >= 0.6 is 72.7 Å². The van der Waals surface area contributed by atoms with E-state index < -0.39 is 5.97 Å². The van der Waals surface area contributed by atoms with Gasteiger partial charge in [-0.05, 0) is 128 Å². The van der Waals surface area contributed by atoms with Crippen molar-refractivity contribution in [3.8, 4) is 11.5 Å². The van der Waals surface area contributed by atoms with Crippen molar-refractivity contribution >= 4 is 90.7 Å². The van der Waals surface area contributed by atoms with Gasteiger partial charge in [0, 0.05) is 7.14 Å². The van der Waals surface area contributed by atoms with Crippen molar-refractivity contribution in [3.63, 3.8) is 0 Å². The topological polar surface area (TPSA) is 57.1 Å². The molecule has 1 heterocycles. The van der Waals surface area contributed by atoms with E-state index in [0.29, 0.717) is 45.3 Å². The van der Waals surface area contributed by atoms with Gasteiger partial charge in [-0.25, -0.2) is 9.79 Å². The Bertz CT molecular complexity index is 1310. The average molecular weight is 765 g/mol. The normalized spacial score (nSPS) is 14.2. The Hall–Kier alpha value is -1.63. The predicted molar refractivity (Wildman–Crippen MR) is 154 cm³/mol. The lowest BCUT2D eigenvalue weighted by molar-refractivity contribution is -0.129. The molecule has 0 amide bonds. The first kappa shape index (κ1) is 25.5. The van der Waals surface area contributed by atoms with Gasteiger partial charge in [-0.15, -0.1) is 0 Å². The van der Waals surface area contributed by atoms with E-state index in [1.807, 2.05) is 55.5 Å². The highest BCUT2D eigenvalue weighted by atomic mass is 127. The van der Waals surface area contributed by atoms with Gasteiger partial charge in [-0.2, -0.15) is 0 Å². The molecule has 0 unspecified atom stereocenters. The van der Waals surface area contributed by atoms with Gasteiger partial charge in [-0.1, -0.05) is 23.7 Å². The zero-order valence-corrected chi connectivity index (χ0v) is 24.4. The molecule has 0 saturated carbocycles. The van der Waals surface area contributed by atoms with Crippen LogP contribution in [0.2, 0.25) is 5.02 Å². The van der Waals surface area contributed by atoms with E-state index in [9.17, 15) is 4.79 Å². The van der Waals surface area contributed by atoms with Crippen LogP contribution in [0.25, 0.3) is 6.08 Å². The SMILES string of the molecule is CCOc1cc(/C=C2\N=C(c3cc(I)ccc3Cl)OC2=O)cc(Br)c1OCc1ccc(I)cc1. The molecule has 0 atom stereocenters. The van der Waals surface area contributed by atoms with Crippen LogP contribution in [0, 0.1) is 7.14 Å². The Morgan fingerprint density at radius 1 is 1.06 bits per heavy atom. The molecule has 34 heavy (non-hydrogen) atoms. The van der Waals surface area contributed by atoms with Crippen LogP contribution in [0.1, 0.15) is 23.6 Å². The standard InChI is InChI=1S/C25H17BrClI2NO4/c1-2-32-22-11-15(9-19(26)23(22)33-13-14-3-5-16(28)6-4-14)10-21-25(31)34-24(30-21)18-12-17(29)7-8-20(18)27/h3-12H,2,13H2,1H3/b21-10-. The number of halogens is 4. The zero-order valence-electron chi connectivity index (χ0n) is 17.8. The number of hydrogen-bond donors (Lipinski definition) is 0. The average Bonchev–Trinajstić information content (AvgIpc) is 3.16. The van der Waals surface area contributed by atoms with E-state index in [2.05, 4.69) is 66.1 Å². The van der Waals surface area contributed by atoms with Gasteiger partial charge < -0.3 is 14.2 Å². The Morgan fingerprint density at radius 3 is 2.53 bits per heavy atom. The van der Waals surface area contributed by atoms with E-state index in [4.69, 9.17) is 25.8 Å². The van der Waals surface area contributed by atoms with Crippen molar-refractivity contribution in [1.29, 1.82) is 0 Å². The van der Waals surface area contributed by atoms with E-state index in [1.54, 1.807) is 12.1 Å². The molecule has 0 saturated heterocycles. The molecule has 174 valence electrons. The number of carbonyl (C=O) groups excluding carboxylic acids is 1. The minimum absolute atomic E-state index is 0.173. The summed E-state index contributed by atoms with van der Waals surface area (Å²) in [6.07, 6.45) is 1.65. The number of rotatable bonds is 7. The molecule has 0 N–H and O–H groups in total. The number of cyclic esters (lactones) is 1. The summed E-state index contributed by atoms with van der Waals surface area (Å²) >= 11 is 14.3. The second-order valence-electron chi connectivity index (χ2n) is 7.14. The summed E-state index contributed by atoms with van der Waals surface area (Å²) < 4.78 is 20.1. The number of esters is 1. The summed E-state index contributed by atoms with van der Waals surface area (Å²) in [5.41, 5.74) is 2.50. The first-order valence-corrected chi connectivity index (χ1v) is 13.5. The molecule has 5 nitrogen and oxygen atoms in total. The monoisotopic (exact) mass is 763 g/mol. The van der Waals surface area contributed by atoms with Gasteiger partial charge in [0.25, 0.3) is 0 Å². The van der Waals surface area contributed by atoms with Gasteiger partial charge in [0.2, 0.25) is 5.90 Å². The largest absolute Gasteiger partial charge is 0.490 e. The molecular weight excluding hydrogens is 747 g/mol. The molecule has 4 rings (SSSR count). The van der Waals surface area contributed by atoms with Gasteiger partial charge in [0.15, 0.2) is 17.2 Å². The number of benzene rings is 3. The molecule has 3 aromatic carbocycles. The maximum Gasteiger partial charge on any atom is 0.363 e. The molecule has 0 radical (unpaired) electrons. The Labute approximate surface area is 237 Å². The van der Waals surface area contributed by atoms with Crippen molar-refractivity contribution in [1.82, 2.24) is 0 Å². The van der Waals surface area contributed by atoms with E-state index in [0.717, 1.165) is 12.7 Å². The van der Waals surface area contributed by atoms with E-state index >= 15 is 0 Å². The number of aliphatic imine (C=N–C) groups is 1. The van der Waals surface area contributed by atoms with Crippen molar-refractivity contribution in [3.05, 3.63) is 93.6 Å². The van der Waals surface area contributed by atoms with Crippen LogP contribution in [0.4, 0.5) is 0 Å². The highest BCUT2D eigenvalue weighted by Gasteiger charge is 2.26. The van der Waals surface area contributed by atoms with Gasteiger partial charge >= 0.3 is 5.97 Å². The lowest BCUT2D eigenvalue weighted by Gasteiger charge is -2.15. The van der Waals surface area contributed by atoms with E-state index in [1.165, 1.54) is 0 Å². The fourth-order valence-corrected chi connectivity index (χ4v) is 4.78. The third-order valence-corrected chi connectivity index (χ3v) is 7.02. The van der Waals surface area contributed by atoms with Crippen molar-refractivity contribution in [2.75, 3.05) is 6.61 Å². The van der Waals surface area contributed by atoms with Crippen LogP contribution in [-0.4, -0.2) is 18.5 Å². The summed E-state index contributed by atoms with van der Waals surface area (Å²) in [5.74, 6) is 0.788. The molecule has 9 heteroatoms. The first-order valence-electron chi connectivity index (χ1n) is 10.2. The molecule has 0 bridgehead atoms.